The van der Waals surface area contributed by atoms with Gasteiger partial charge in [-0.3, -0.25) is 14.4 Å². The minimum atomic E-state index is -0.560. The maximum Gasteiger partial charge on any atom is 0.287 e. The van der Waals surface area contributed by atoms with Gasteiger partial charge in [0.15, 0.2) is 5.76 Å². The Labute approximate surface area is 194 Å². The highest BCUT2D eigenvalue weighted by Crippen LogP contribution is 2.32. The lowest BCUT2D eigenvalue weighted by atomic mass is 9.83. The summed E-state index contributed by atoms with van der Waals surface area (Å²) >= 11 is 0. The van der Waals surface area contributed by atoms with E-state index in [0.29, 0.717) is 12.2 Å². The maximum atomic E-state index is 12.9. The lowest BCUT2D eigenvalue weighted by Crippen LogP contribution is -2.50. The minimum absolute atomic E-state index is 0.00772. The van der Waals surface area contributed by atoms with Crippen LogP contribution in [0.3, 0.4) is 0 Å². The Bertz CT molecular complexity index is 1090. The van der Waals surface area contributed by atoms with E-state index in [1.54, 1.807) is 38.2 Å². The van der Waals surface area contributed by atoms with E-state index in [9.17, 15) is 14.4 Å². The Hall–Kier alpha value is -3.35. The fourth-order valence-electron chi connectivity index (χ4n) is 4.77. The molecule has 1 heterocycles. The molecule has 1 aromatic carbocycles. The van der Waals surface area contributed by atoms with Crippen molar-refractivity contribution in [3.8, 4) is 11.3 Å². The van der Waals surface area contributed by atoms with Gasteiger partial charge in [-0.15, -0.1) is 0 Å². The normalized spacial score (nSPS) is 16.5. The van der Waals surface area contributed by atoms with Gasteiger partial charge in [0.05, 0.1) is 0 Å². The fourth-order valence-corrected chi connectivity index (χ4v) is 4.77. The van der Waals surface area contributed by atoms with Crippen LogP contribution in [0.25, 0.3) is 17.4 Å². The minimum Gasteiger partial charge on any atom is -0.451 e. The van der Waals surface area contributed by atoms with Crippen molar-refractivity contribution in [2.45, 2.75) is 44.6 Å². The molecule has 3 amide bonds. The highest BCUT2D eigenvalue weighted by molar-refractivity contribution is 6.00. The van der Waals surface area contributed by atoms with Crippen LogP contribution >= 0.6 is 0 Å². The van der Waals surface area contributed by atoms with Crippen molar-refractivity contribution in [3.05, 3.63) is 52.8 Å². The second-order valence-electron chi connectivity index (χ2n) is 9.09. The van der Waals surface area contributed by atoms with Crippen LogP contribution in [0.5, 0.6) is 0 Å². The molecular weight excluding hydrogens is 418 g/mol. The second kappa shape index (κ2) is 9.65. The molecule has 174 valence electrons. The van der Waals surface area contributed by atoms with E-state index in [2.05, 4.69) is 10.6 Å². The molecule has 2 N–H and O–H groups in total. The van der Waals surface area contributed by atoms with E-state index in [1.165, 1.54) is 6.42 Å². The van der Waals surface area contributed by atoms with Gasteiger partial charge < -0.3 is 20.0 Å². The Kier molecular flexibility index (Phi) is 6.67. The van der Waals surface area contributed by atoms with Gasteiger partial charge in [-0.25, -0.2) is 0 Å². The number of nitrogens with zero attached hydrogens (tertiary/aromatic N) is 1. The SMILES string of the molecule is CNC(=O)[C@@H](NC(=O)c1ccc(-c2ccc3c(c2)CC(C(=O)N(C)C)=C3)o1)C1CCCCC1. The third-order valence-electron chi connectivity index (χ3n) is 6.59. The quantitative estimate of drug-likeness (QED) is 0.707. The molecule has 2 aliphatic carbocycles. The second-order valence-corrected chi connectivity index (χ2v) is 9.09. The molecule has 1 saturated carbocycles. The Balaban J connectivity index is 1.47. The topological polar surface area (TPSA) is 91.7 Å². The summed E-state index contributed by atoms with van der Waals surface area (Å²) in [7, 11) is 5.08. The van der Waals surface area contributed by atoms with Crippen molar-refractivity contribution in [1.82, 2.24) is 15.5 Å². The number of benzene rings is 1. The van der Waals surface area contributed by atoms with Crippen LogP contribution in [-0.4, -0.2) is 49.8 Å². The summed E-state index contributed by atoms with van der Waals surface area (Å²) in [6.45, 7) is 0. The van der Waals surface area contributed by atoms with Crippen LogP contribution in [-0.2, 0) is 16.0 Å². The average Bonchev–Trinajstić information content (AvgIpc) is 3.49. The van der Waals surface area contributed by atoms with Gasteiger partial charge in [-0.05, 0) is 54.2 Å². The smallest absolute Gasteiger partial charge is 0.287 e. The first-order valence-corrected chi connectivity index (χ1v) is 11.5. The molecular formula is C26H31N3O4. The molecule has 0 spiro atoms. The first-order valence-electron chi connectivity index (χ1n) is 11.5. The van der Waals surface area contributed by atoms with Gasteiger partial charge in [-0.1, -0.05) is 31.4 Å². The zero-order valence-corrected chi connectivity index (χ0v) is 19.4. The van der Waals surface area contributed by atoms with Gasteiger partial charge in [0.1, 0.15) is 11.8 Å². The molecule has 1 atom stereocenters. The summed E-state index contributed by atoms with van der Waals surface area (Å²) in [6, 6.07) is 8.73. The fraction of sp³-hybridized carbons (Fsp3) is 0.423. The summed E-state index contributed by atoms with van der Waals surface area (Å²) in [5.41, 5.74) is 3.68. The number of furan rings is 1. The third kappa shape index (κ3) is 4.87. The summed E-state index contributed by atoms with van der Waals surface area (Å²) in [5.74, 6) is 0.341. The molecule has 1 aromatic heterocycles. The number of likely N-dealkylation sites (N-methyl/N-ethyl adjacent to an activating group) is 2. The molecule has 0 bridgehead atoms. The Morgan fingerprint density at radius 3 is 2.52 bits per heavy atom. The summed E-state index contributed by atoms with van der Waals surface area (Å²) in [4.78, 5) is 39.2. The van der Waals surface area contributed by atoms with E-state index in [4.69, 9.17) is 4.42 Å². The van der Waals surface area contributed by atoms with Crippen molar-refractivity contribution in [1.29, 1.82) is 0 Å². The van der Waals surface area contributed by atoms with E-state index >= 15 is 0 Å². The van der Waals surface area contributed by atoms with Gasteiger partial charge in [0, 0.05) is 38.7 Å². The lowest BCUT2D eigenvalue weighted by Gasteiger charge is -2.29. The number of amides is 3. The summed E-state index contributed by atoms with van der Waals surface area (Å²) < 4.78 is 5.87. The molecule has 0 radical (unpaired) electrons. The number of fused-ring (bicyclic) bond motifs is 1. The molecule has 33 heavy (non-hydrogen) atoms. The van der Waals surface area contributed by atoms with Gasteiger partial charge in [0.25, 0.3) is 5.91 Å². The highest BCUT2D eigenvalue weighted by Gasteiger charge is 2.31. The molecule has 0 saturated heterocycles. The van der Waals surface area contributed by atoms with Crippen molar-refractivity contribution >= 4 is 23.8 Å². The van der Waals surface area contributed by atoms with Gasteiger partial charge in [-0.2, -0.15) is 0 Å². The van der Waals surface area contributed by atoms with Crippen molar-refractivity contribution < 1.29 is 18.8 Å². The molecule has 2 aromatic rings. The van der Waals surface area contributed by atoms with Gasteiger partial charge >= 0.3 is 0 Å². The van der Waals surface area contributed by atoms with E-state index < -0.39 is 6.04 Å². The zero-order valence-electron chi connectivity index (χ0n) is 19.4. The monoisotopic (exact) mass is 449 g/mol. The predicted octanol–water partition coefficient (Wildman–Crippen LogP) is 3.40. The maximum absolute atomic E-state index is 12.9. The van der Waals surface area contributed by atoms with Crippen LogP contribution in [0.15, 0.2) is 40.3 Å². The van der Waals surface area contributed by atoms with Crippen LogP contribution in [0, 0.1) is 5.92 Å². The zero-order chi connectivity index (χ0) is 23.5. The number of carbonyl (C=O) groups is 3. The Morgan fingerprint density at radius 1 is 1.06 bits per heavy atom. The molecule has 0 aliphatic heterocycles. The van der Waals surface area contributed by atoms with Gasteiger partial charge in [0.2, 0.25) is 11.8 Å². The molecule has 2 aliphatic rings. The van der Waals surface area contributed by atoms with Crippen LogP contribution in [0.4, 0.5) is 0 Å². The average molecular weight is 450 g/mol. The van der Waals surface area contributed by atoms with Crippen LogP contribution < -0.4 is 10.6 Å². The molecule has 4 rings (SSSR count). The first-order chi connectivity index (χ1) is 15.9. The number of hydrogen-bond acceptors (Lipinski definition) is 4. The standard InChI is InChI=1S/C26H31N3O4/c1-27-25(31)23(16-7-5-4-6-8-16)28-24(30)22-12-11-21(33-22)18-10-9-17-13-20(15-19(17)14-18)26(32)29(2)3/h9-14,16,23H,4-8,15H2,1-3H3,(H,27,31)(H,28,30)/t23-/m0/s1. The van der Waals surface area contributed by atoms with Crippen LogP contribution in [0.2, 0.25) is 0 Å². The highest BCUT2D eigenvalue weighted by atomic mass is 16.4. The van der Waals surface area contributed by atoms with Crippen molar-refractivity contribution in [2.75, 3.05) is 21.1 Å². The molecule has 1 fully saturated rings. The van der Waals surface area contributed by atoms with Crippen molar-refractivity contribution in [2.24, 2.45) is 5.92 Å². The van der Waals surface area contributed by atoms with E-state index in [1.807, 2.05) is 24.3 Å². The summed E-state index contributed by atoms with van der Waals surface area (Å²) in [5, 5.41) is 5.57. The number of rotatable bonds is 6. The largest absolute Gasteiger partial charge is 0.451 e. The summed E-state index contributed by atoms with van der Waals surface area (Å²) in [6.07, 6.45) is 7.69. The predicted molar refractivity (Wildman–Crippen MR) is 126 cm³/mol. The lowest BCUT2D eigenvalue weighted by molar-refractivity contribution is -0.125. The molecule has 0 unspecified atom stereocenters. The van der Waals surface area contributed by atoms with E-state index in [-0.39, 0.29) is 29.4 Å². The molecule has 7 nitrogen and oxygen atoms in total. The number of carbonyl (C=O) groups excluding carboxylic acids is 3. The Morgan fingerprint density at radius 2 is 1.82 bits per heavy atom. The van der Waals surface area contributed by atoms with Crippen LogP contribution in [0.1, 0.15) is 53.8 Å². The third-order valence-corrected chi connectivity index (χ3v) is 6.59. The van der Waals surface area contributed by atoms with Crippen molar-refractivity contribution in [3.63, 3.8) is 0 Å². The number of hydrogen-bond donors (Lipinski definition) is 2. The van der Waals surface area contributed by atoms with E-state index in [0.717, 1.165) is 47.9 Å². The number of nitrogens with one attached hydrogen (secondary N) is 2. The first kappa shape index (κ1) is 22.8. The molecule has 7 heteroatoms.